The van der Waals surface area contributed by atoms with E-state index in [1.807, 2.05) is 12.1 Å². The fourth-order valence-electron chi connectivity index (χ4n) is 2.15. The second-order valence-corrected chi connectivity index (χ2v) is 4.84. The smallest absolute Gasteiger partial charge is 0.123 e. The van der Waals surface area contributed by atoms with Crippen LogP contribution in [-0.4, -0.2) is 26.4 Å². The van der Waals surface area contributed by atoms with Crippen LogP contribution in [0.4, 0.5) is 11.4 Å². The predicted octanol–water partition coefficient (Wildman–Crippen LogP) is 3.80. The lowest BCUT2D eigenvalue weighted by Gasteiger charge is -2.24. The summed E-state index contributed by atoms with van der Waals surface area (Å²) in [5, 5.41) is 3.31. The standard InChI is InChI=1S/C18H24N2O/c1-2-19-14-9-15-21-16-20(17-10-5-3-6-11-17)18-12-7-4-8-13-18/h3-8,10-13,19H,2,9,14-16H2,1H3. The molecular formula is C18H24N2O. The van der Waals surface area contributed by atoms with Crippen molar-refractivity contribution >= 4 is 11.4 Å². The molecule has 0 aliphatic heterocycles. The lowest BCUT2D eigenvalue weighted by molar-refractivity contribution is 0.138. The van der Waals surface area contributed by atoms with E-state index in [1.54, 1.807) is 0 Å². The molecule has 0 amide bonds. The first-order valence-corrected chi connectivity index (χ1v) is 7.58. The van der Waals surface area contributed by atoms with Gasteiger partial charge in [-0.3, -0.25) is 0 Å². The lowest BCUT2D eigenvalue weighted by Crippen LogP contribution is -2.22. The van der Waals surface area contributed by atoms with Crippen LogP contribution in [0.15, 0.2) is 60.7 Å². The summed E-state index contributed by atoms with van der Waals surface area (Å²) >= 11 is 0. The van der Waals surface area contributed by atoms with Crippen molar-refractivity contribution in [3.63, 3.8) is 0 Å². The Balaban J connectivity index is 1.94. The van der Waals surface area contributed by atoms with Crippen molar-refractivity contribution in [1.82, 2.24) is 5.32 Å². The van der Waals surface area contributed by atoms with E-state index < -0.39 is 0 Å². The third-order valence-corrected chi connectivity index (χ3v) is 3.25. The first-order valence-electron chi connectivity index (χ1n) is 7.58. The number of anilines is 2. The first kappa shape index (κ1) is 15.5. The summed E-state index contributed by atoms with van der Waals surface area (Å²) in [6.07, 6.45) is 1.03. The molecule has 0 atom stereocenters. The van der Waals surface area contributed by atoms with Crippen molar-refractivity contribution in [2.24, 2.45) is 0 Å². The van der Waals surface area contributed by atoms with E-state index in [4.69, 9.17) is 4.74 Å². The highest BCUT2D eigenvalue weighted by Crippen LogP contribution is 2.24. The highest BCUT2D eigenvalue weighted by molar-refractivity contribution is 5.62. The van der Waals surface area contributed by atoms with Crippen LogP contribution in [0.5, 0.6) is 0 Å². The molecule has 0 unspecified atom stereocenters. The molecule has 21 heavy (non-hydrogen) atoms. The van der Waals surface area contributed by atoms with Crippen LogP contribution in [0.3, 0.4) is 0 Å². The Labute approximate surface area is 127 Å². The second-order valence-electron chi connectivity index (χ2n) is 4.84. The molecule has 0 aromatic heterocycles. The van der Waals surface area contributed by atoms with Crippen molar-refractivity contribution in [3.05, 3.63) is 60.7 Å². The van der Waals surface area contributed by atoms with Gasteiger partial charge < -0.3 is 15.0 Å². The molecule has 0 radical (unpaired) electrons. The molecule has 2 rings (SSSR count). The van der Waals surface area contributed by atoms with E-state index in [1.165, 1.54) is 0 Å². The largest absolute Gasteiger partial charge is 0.361 e. The molecule has 3 heteroatoms. The van der Waals surface area contributed by atoms with E-state index in [0.29, 0.717) is 6.73 Å². The average Bonchev–Trinajstić information content (AvgIpc) is 2.56. The number of rotatable bonds is 9. The van der Waals surface area contributed by atoms with Gasteiger partial charge >= 0.3 is 0 Å². The van der Waals surface area contributed by atoms with Crippen molar-refractivity contribution in [1.29, 1.82) is 0 Å². The number of para-hydroxylation sites is 2. The second kappa shape index (κ2) is 9.16. The molecule has 0 bridgehead atoms. The average molecular weight is 284 g/mol. The van der Waals surface area contributed by atoms with Crippen LogP contribution < -0.4 is 10.2 Å². The molecule has 2 aromatic rings. The fraction of sp³-hybridized carbons (Fsp3) is 0.333. The van der Waals surface area contributed by atoms with E-state index >= 15 is 0 Å². The SMILES string of the molecule is CCNCCCOCN(c1ccccc1)c1ccccc1. The van der Waals surface area contributed by atoms with Gasteiger partial charge in [-0.25, -0.2) is 0 Å². The maximum absolute atomic E-state index is 5.84. The quantitative estimate of drug-likeness (QED) is 0.560. The summed E-state index contributed by atoms with van der Waals surface area (Å²) in [5.74, 6) is 0. The fourth-order valence-corrected chi connectivity index (χ4v) is 2.15. The third kappa shape index (κ3) is 5.21. The van der Waals surface area contributed by atoms with Gasteiger partial charge in [0.25, 0.3) is 0 Å². The zero-order chi connectivity index (χ0) is 14.8. The highest BCUT2D eigenvalue weighted by atomic mass is 16.5. The van der Waals surface area contributed by atoms with Gasteiger partial charge in [0, 0.05) is 11.4 Å². The third-order valence-electron chi connectivity index (χ3n) is 3.25. The predicted molar refractivity (Wildman–Crippen MR) is 89.0 cm³/mol. The Bertz CT molecular complexity index is 448. The Hall–Kier alpha value is -1.84. The molecule has 0 saturated heterocycles. The molecule has 0 aliphatic rings. The van der Waals surface area contributed by atoms with E-state index in [2.05, 4.69) is 65.7 Å². The number of ether oxygens (including phenoxy) is 1. The number of hydrogen-bond donors (Lipinski definition) is 1. The van der Waals surface area contributed by atoms with Crippen LogP contribution in [0.2, 0.25) is 0 Å². The van der Waals surface area contributed by atoms with E-state index in [-0.39, 0.29) is 0 Å². The maximum Gasteiger partial charge on any atom is 0.123 e. The van der Waals surface area contributed by atoms with Crippen LogP contribution in [0.1, 0.15) is 13.3 Å². The van der Waals surface area contributed by atoms with Crippen LogP contribution in [0.25, 0.3) is 0 Å². The number of nitrogens with zero attached hydrogens (tertiary/aromatic N) is 1. The van der Waals surface area contributed by atoms with Crippen molar-refractivity contribution in [2.45, 2.75) is 13.3 Å². The van der Waals surface area contributed by atoms with Crippen molar-refractivity contribution in [3.8, 4) is 0 Å². The van der Waals surface area contributed by atoms with Gasteiger partial charge in [-0.2, -0.15) is 0 Å². The summed E-state index contributed by atoms with van der Waals surface area (Å²) in [4.78, 5) is 2.19. The summed E-state index contributed by atoms with van der Waals surface area (Å²) in [5.41, 5.74) is 2.30. The van der Waals surface area contributed by atoms with Crippen molar-refractivity contribution in [2.75, 3.05) is 31.3 Å². The first-order chi connectivity index (χ1) is 10.4. The minimum atomic E-state index is 0.570. The Morgan fingerprint density at radius 3 is 2.00 bits per heavy atom. The Morgan fingerprint density at radius 1 is 0.905 bits per heavy atom. The number of benzene rings is 2. The molecule has 0 fully saturated rings. The van der Waals surface area contributed by atoms with Gasteiger partial charge in [0.1, 0.15) is 6.73 Å². The van der Waals surface area contributed by atoms with E-state index in [0.717, 1.165) is 37.5 Å². The lowest BCUT2D eigenvalue weighted by atomic mass is 10.2. The topological polar surface area (TPSA) is 24.5 Å². The van der Waals surface area contributed by atoms with Gasteiger partial charge in [-0.05, 0) is 43.8 Å². The van der Waals surface area contributed by atoms with Crippen LogP contribution >= 0.6 is 0 Å². The van der Waals surface area contributed by atoms with Crippen molar-refractivity contribution < 1.29 is 4.74 Å². The van der Waals surface area contributed by atoms with Crippen LogP contribution in [0, 0.1) is 0 Å². The summed E-state index contributed by atoms with van der Waals surface area (Å²) in [6, 6.07) is 20.7. The molecule has 0 aliphatic carbocycles. The van der Waals surface area contributed by atoms with Crippen LogP contribution in [-0.2, 0) is 4.74 Å². The molecule has 2 aromatic carbocycles. The molecular weight excluding hydrogens is 260 g/mol. The maximum atomic E-state index is 5.84. The minimum absolute atomic E-state index is 0.570. The minimum Gasteiger partial charge on any atom is -0.361 e. The summed E-state index contributed by atoms with van der Waals surface area (Å²) in [6.45, 7) is 5.48. The number of hydrogen-bond acceptors (Lipinski definition) is 3. The molecule has 0 spiro atoms. The molecule has 0 saturated carbocycles. The highest BCUT2D eigenvalue weighted by Gasteiger charge is 2.08. The molecule has 0 heterocycles. The molecule has 112 valence electrons. The zero-order valence-corrected chi connectivity index (χ0v) is 12.7. The van der Waals surface area contributed by atoms with Gasteiger partial charge in [0.2, 0.25) is 0 Å². The molecule has 3 nitrogen and oxygen atoms in total. The van der Waals surface area contributed by atoms with Gasteiger partial charge in [-0.15, -0.1) is 0 Å². The monoisotopic (exact) mass is 284 g/mol. The summed E-state index contributed by atoms with van der Waals surface area (Å²) < 4.78 is 5.84. The normalized spacial score (nSPS) is 10.5. The zero-order valence-electron chi connectivity index (χ0n) is 12.7. The van der Waals surface area contributed by atoms with Gasteiger partial charge in [-0.1, -0.05) is 43.3 Å². The molecule has 1 N–H and O–H groups in total. The van der Waals surface area contributed by atoms with E-state index in [9.17, 15) is 0 Å². The van der Waals surface area contributed by atoms with Gasteiger partial charge in [0.15, 0.2) is 0 Å². The number of nitrogens with one attached hydrogen (secondary N) is 1. The Kier molecular flexibility index (Phi) is 6.78. The van der Waals surface area contributed by atoms with Gasteiger partial charge in [0.05, 0.1) is 6.61 Å². The Morgan fingerprint density at radius 2 is 1.48 bits per heavy atom. The summed E-state index contributed by atoms with van der Waals surface area (Å²) in [7, 11) is 0.